The molecule has 0 unspecified atom stereocenters. The van der Waals surface area contributed by atoms with Crippen molar-refractivity contribution in [3.05, 3.63) is 0 Å². The quantitative estimate of drug-likeness (QED) is 0.605. The van der Waals surface area contributed by atoms with Gasteiger partial charge in [0.25, 0.3) is 0 Å². The van der Waals surface area contributed by atoms with Crippen LogP contribution in [-0.2, 0) is 4.79 Å². The Kier molecular flexibility index (Phi) is 3.88. The molecule has 0 spiro atoms. The van der Waals surface area contributed by atoms with Gasteiger partial charge in [0.05, 0.1) is 6.61 Å². The summed E-state index contributed by atoms with van der Waals surface area (Å²) in [6.07, 6.45) is -4.33. The normalized spacial score (nSPS) is 11.3. The molecule has 0 bridgehead atoms. The van der Waals surface area contributed by atoms with E-state index in [-0.39, 0.29) is 13.0 Å². The van der Waals surface area contributed by atoms with E-state index in [0.29, 0.717) is 4.90 Å². The molecule has 6 heteroatoms. The highest BCUT2D eigenvalue weighted by molar-refractivity contribution is 5.46. The van der Waals surface area contributed by atoms with Crippen molar-refractivity contribution in [2.45, 2.75) is 6.18 Å². The average Bonchev–Trinajstić information content (AvgIpc) is 1.84. The van der Waals surface area contributed by atoms with Gasteiger partial charge >= 0.3 is 6.18 Å². The van der Waals surface area contributed by atoms with E-state index in [9.17, 15) is 18.0 Å². The Morgan fingerprint density at radius 1 is 1.45 bits per heavy atom. The minimum Gasteiger partial charge on any atom is -0.395 e. The maximum atomic E-state index is 11.5. The van der Waals surface area contributed by atoms with E-state index < -0.39 is 19.3 Å². The van der Waals surface area contributed by atoms with Gasteiger partial charge in [-0.3, -0.25) is 4.79 Å². The number of aliphatic hydroxyl groups excluding tert-OH is 1. The molecule has 0 atom stereocenters. The van der Waals surface area contributed by atoms with Gasteiger partial charge in [0, 0.05) is 6.54 Å². The lowest BCUT2D eigenvalue weighted by Crippen LogP contribution is -2.35. The first kappa shape index (κ1) is 10.2. The molecular formula is C5H8F3NO2. The molecular weight excluding hydrogens is 163 g/mol. The van der Waals surface area contributed by atoms with E-state index in [2.05, 4.69) is 0 Å². The Bertz CT molecular complexity index is 125. The highest BCUT2D eigenvalue weighted by Crippen LogP contribution is 2.15. The first-order valence-electron chi connectivity index (χ1n) is 2.86. The molecule has 0 aliphatic heterocycles. The molecule has 0 saturated heterocycles. The van der Waals surface area contributed by atoms with Crippen LogP contribution in [0.15, 0.2) is 0 Å². The topological polar surface area (TPSA) is 40.5 Å². The van der Waals surface area contributed by atoms with Crippen molar-refractivity contribution >= 4 is 6.41 Å². The number of aliphatic hydroxyl groups is 1. The number of carbonyl (C=O) groups excluding carboxylic acids is 1. The van der Waals surface area contributed by atoms with Crippen molar-refractivity contribution < 1.29 is 23.1 Å². The van der Waals surface area contributed by atoms with E-state index in [1.807, 2.05) is 0 Å². The van der Waals surface area contributed by atoms with Gasteiger partial charge in [0.15, 0.2) is 0 Å². The Morgan fingerprint density at radius 2 is 2.00 bits per heavy atom. The van der Waals surface area contributed by atoms with E-state index in [1.165, 1.54) is 0 Å². The molecule has 3 nitrogen and oxygen atoms in total. The molecule has 0 aromatic carbocycles. The van der Waals surface area contributed by atoms with E-state index in [4.69, 9.17) is 5.11 Å². The fourth-order valence-corrected chi connectivity index (χ4v) is 0.528. The monoisotopic (exact) mass is 171 g/mol. The third-order valence-electron chi connectivity index (χ3n) is 0.919. The van der Waals surface area contributed by atoms with Crippen LogP contribution in [0, 0.1) is 0 Å². The maximum Gasteiger partial charge on any atom is 0.406 e. The van der Waals surface area contributed by atoms with Gasteiger partial charge in [-0.15, -0.1) is 0 Å². The highest BCUT2D eigenvalue weighted by atomic mass is 19.4. The summed E-state index contributed by atoms with van der Waals surface area (Å²) in [5, 5.41) is 8.20. The van der Waals surface area contributed by atoms with Crippen LogP contribution in [-0.4, -0.2) is 42.3 Å². The summed E-state index contributed by atoms with van der Waals surface area (Å²) in [7, 11) is 0. The second-order valence-electron chi connectivity index (χ2n) is 1.91. The summed E-state index contributed by atoms with van der Waals surface area (Å²) in [4.78, 5) is 10.3. The van der Waals surface area contributed by atoms with Gasteiger partial charge in [-0.2, -0.15) is 13.2 Å². The fraction of sp³-hybridized carbons (Fsp3) is 0.800. The first-order valence-corrected chi connectivity index (χ1v) is 2.86. The molecule has 0 aromatic heterocycles. The number of halogens is 3. The lowest BCUT2D eigenvalue weighted by atomic mass is 10.5. The minimum atomic E-state index is -4.39. The Balaban J connectivity index is 3.77. The molecule has 1 N–H and O–H groups in total. The molecule has 0 rings (SSSR count). The van der Waals surface area contributed by atoms with Gasteiger partial charge in [-0.25, -0.2) is 0 Å². The molecule has 0 aromatic rings. The van der Waals surface area contributed by atoms with Gasteiger partial charge < -0.3 is 10.0 Å². The Morgan fingerprint density at radius 3 is 2.27 bits per heavy atom. The zero-order chi connectivity index (χ0) is 8.91. The number of hydrogen-bond donors (Lipinski definition) is 1. The smallest absolute Gasteiger partial charge is 0.395 e. The van der Waals surface area contributed by atoms with Crippen LogP contribution >= 0.6 is 0 Å². The van der Waals surface area contributed by atoms with Crippen molar-refractivity contribution in [1.82, 2.24) is 4.90 Å². The first-order chi connectivity index (χ1) is 4.99. The molecule has 11 heavy (non-hydrogen) atoms. The largest absolute Gasteiger partial charge is 0.406 e. The number of carbonyl (C=O) groups is 1. The molecule has 0 radical (unpaired) electrons. The zero-order valence-corrected chi connectivity index (χ0v) is 5.64. The standard InChI is InChI=1S/C5H8F3NO2/c6-5(7,8)3-9(4-11)1-2-10/h4,10H,1-3H2. The predicted molar refractivity (Wildman–Crippen MR) is 30.8 cm³/mol. The second kappa shape index (κ2) is 4.17. The van der Waals surface area contributed by atoms with E-state index >= 15 is 0 Å². The summed E-state index contributed by atoms with van der Waals surface area (Å²) in [6.45, 7) is -2.06. The van der Waals surface area contributed by atoms with Crippen LogP contribution in [0.25, 0.3) is 0 Å². The second-order valence-corrected chi connectivity index (χ2v) is 1.91. The third kappa shape index (κ3) is 5.65. The summed E-state index contributed by atoms with van der Waals surface area (Å²) in [5.41, 5.74) is 0. The number of nitrogens with zero attached hydrogens (tertiary/aromatic N) is 1. The van der Waals surface area contributed by atoms with Gasteiger partial charge in [-0.1, -0.05) is 0 Å². The molecule has 1 amide bonds. The van der Waals surface area contributed by atoms with Gasteiger partial charge in [0.1, 0.15) is 6.54 Å². The van der Waals surface area contributed by atoms with E-state index in [0.717, 1.165) is 0 Å². The third-order valence-corrected chi connectivity index (χ3v) is 0.919. The van der Waals surface area contributed by atoms with Crippen molar-refractivity contribution in [3.63, 3.8) is 0 Å². The molecule has 0 aliphatic rings. The van der Waals surface area contributed by atoms with Crippen molar-refractivity contribution in [1.29, 1.82) is 0 Å². The van der Waals surface area contributed by atoms with Crippen LogP contribution in [0.5, 0.6) is 0 Å². The predicted octanol–water partition coefficient (Wildman–Crippen LogP) is -0.000600. The van der Waals surface area contributed by atoms with Crippen molar-refractivity contribution in [3.8, 4) is 0 Å². The van der Waals surface area contributed by atoms with Crippen LogP contribution < -0.4 is 0 Å². The van der Waals surface area contributed by atoms with Crippen LogP contribution in [0.3, 0.4) is 0 Å². The van der Waals surface area contributed by atoms with Crippen LogP contribution in [0.4, 0.5) is 13.2 Å². The highest BCUT2D eigenvalue weighted by Gasteiger charge is 2.29. The maximum absolute atomic E-state index is 11.5. The lowest BCUT2D eigenvalue weighted by Gasteiger charge is -2.17. The summed E-state index contributed by atoms with van der Waals surface area (Å²) >= 11 is 0. The van der Waals surface area contributed by atoms with Crippen molar-refractivity contribution in [2.24, 2.45) is 0 Å². The number of amides is 1. The summed E-state index contributed by atoms with van der Waals surface area (Å²) in [6, 6.07) is 0. The van der Waals surface area contributed by atoms with Gasteiger partial charge in [0.2, 0.25) is 6.41 Å². The zero-order valence-electron chi connectivity index (χ0n) is 5.64. The Hall–Kier alpha value is -0.780. The van der Waals surface area contributed by atoms with Gasteiger partial charge in [-0.05, 0) is 0 Å². The number of alkyl halides is 3. The molecule has 0 aliphatic carbocycles. The van der Waals surface area contributed by atoms with Crippen LogP contribution in [0.1, 0.15) is 0 Å². The van der Waals surface area contributed by atoms with E-state index in [1.54, 1.807) is 0 Å². The molecule has 0 heterocycles. The Labute approximate surface area is 61.4 Å². The summed E-state index contributed by atoms with van der Waals surface area (Å²) < 4.78 is 34.6. The minimum absolute atomic E-state index is 0.0592. The SMILES string of the molecule is O=CN(CCO)CC(F)(F)F. The number of rotatable bonds is 4. The molecule has 0 saturated carbocycles. The average molecular weight is 171 g/mol. The molecule has 66 valence electrons. The summed E-state index contributed by atoms with van der Waals surface area (Å²) in [5.74, 6) is 0. The fourth-order valence-electron chi connectivity index (χ4n) is 0.528. The van der Waals surface area contributed by atoms with Crippen LogP contribution in [0.2, 0.25) is 0 Å². The molecule has 0 fully saturated rings. The number of hydrogen-bond acceptors (Lipinski definition) is 2. The van der Waals surface area contributed by atoms with Crippen molar-refractivity contribution in [2.75, 3.05) is 19.7 Å². The lowest BCUT2D eigenvalue weighted by molar-refractivity contribution is -0.154.